The van der Waals surface area contributed by atoms with Crippen LogP contribution in [-0.4, -0.2) is 27.3 Å². The first-order chi connectivity index (χ1) is 13.5. The Labute approximate surface area is 164 Å². The Hall–Kier alpha value is -3.19. The van der Waals surface area contributed by atoms with E-state index in [1.807, 2.05) is 74.5 Å². The smallest absolute Gasteiger partial charge is 0.288 e. The van der Waals surface area contributed by atoms with E-state index in [0.29, 0.717) is 17.2 Å². The van der Waals surface area contributed by atoms with Gasteiger partial charge in [-0.15, -0.1) is 0 Å². The van der Waals surface area contributed by atoms with E-state index in [1.54, 1.807) is 0 Å². The van der Waals surface area contributed by atoms with Gasteiger partial charge >= 0.3 is 0 Å². The summed E-state index contributed by atoms with van der Waals surface area (Å²) in [5.74, 6) is 0.370. The number of imidazole rings is 2. The van der Waals surface area contributed by atoms with E-state index in [9.17, 15) is 8.42 Å². The predicted octanol–water partition coefficient (Wildman–Crippen LogP) is 4.30. The quantitative estimate of drug-likeness (QED) is 0.549. The molecule has 0 spiro atoms. The maximum atomic E-state index is 13.5. The summed E-state index contributed by atoms with van der Waals surface area (Å²) in [7, 11) is -3.93. The lowest BCUT2D eigenvalue weighted by Crippen LogP contribution is -2.18. The van der Waals surface area contributed by atoms with Crippen LogP contribution in [0.2, 0.25) is 0 Å². The summed E-state index contributed by atoms with van der Waals surface area (Å²) in [5, 5.41) is -0.0383. The molecule has 1 N–H and O–H groups in total. The topological polar surface area (TPSA) is 80.6 Å². The lowest BCUT2D eigenvalue weighted by Gasteiger charge is -2.14. The van der Waals surface area contributed by atoms with Crippen LogP contribution >= 0.6 is 0 Å². The molecule has 4 aromatic rings. The van der Waals surface area contributed by atoms with Gasteiger partial charge in [-0.05, 0) is 0 Å². The number of nitrogens with one attached hydrogen (secondary N) is 1. The molecular weight excluding hydrogens is 372 g/mol. The standard InChI is InChI=1S/C21H20N4O2S/c1-15(2)21-24-19(16-9-5-3-6-10-16)20(17-11-7-4-8-12-17)25(21)28(26,27)18-13-22-14-23-18/h3-15H,1-2H3,(H,22,23). The van der Waals surface area contributed by atoms with Crippen molar-refractivity contribution >= 4 is 10.0 Å². The Balaban J connectivity index is 2.11. The second-order valence-electron chi connectivity index (χ2n) is 6.73. The highest BCUT2D eigenvalue weighted by atomic mass is 32.2. The molecule has 142 valence electrons. The van der Waals surface area contributed by atoms with Gasteiger partial charge in [0.25, 0.3) is 10.0 Å². The fourth-order valence-corrected chi connectivity index (χ4v) is 4.68. The van der Waals surface area contributed by atoms with Crippen molar-refractivity contribution in [1.29, 1.82) is 0 Å². The van der Waals surface area contributed by atoms with Crippen molar-refractivity contribution in [3.63, 3.8) is 0 Å². The van der Waals surface area contributed by atoms with Crippen molar-refractivity contribution in [2.24, 2.45) is 0 Å². The average Bonchev–Trinajstić information content (AvgIpc) is 3.38. The SMILES string of the molecule is CC(C)c1nc(-c2ccccc2)c(-c2ccccc2)n1S(=O)(=O)c1c[nH]cn1. The first-order valence-electron chi connectivity index (χ1n) is 8.98. The second-order valence-corrected chi connectivity index (χ2v) is 8.46. The molecule has 0 aliphatic rings. The van der Waals surface area contributed by atoms with Gasteiger partial charge in [0.15, 0.2) is 5.03 Å². The van der Waals surface area contributed by atoms with E-state index in [1.165, 1.54) is 16.5 Å². The highest BCUT2D eigenvalue weighted by molar-refractivity contribution is 7.90. The number of H-pyrrole nitrogens is 1. The maximum Gasteiger partial charge on any atom is 0.288 e. The average molecular weight is 392 g/mol. The molecular formula is C21H20N4O2S. The van der Waals surface area contributed by atoms with Crippen LogP contribution in [0.3, 0.4) is 0 Å². The van der Waals surface area contributed by atoms with Gasteiger partial charge in [0.1, 0.15) is 5.82 Å². The lowest BCUT2D eigenvalue weighted by molar-refractivity contribution is 0.579. The zero-order valence-electron chi connectivity index (χ0n) is 15.6. The normalized spacial score (nSPS) is 11.8. The molecule has 7 heteroatoms. The van der Waals surface area contributed by atoms with Crippen molar-refractivity contribution < 1.29 is 8.42 Å². The third-order valence-electron chi connectivity index (χ3n) is 4.45. The molecule has 0 saturated heterocycles. The van der Waals surface area contributed by atoms with Crippen LogP contribution in [0.15, 0.2) is 78.2 Å². The molecule has 2 aromatic heterocycles. The number of aromatic amines is 1. The van der Waals surface area contributed by atoms with Crippen molar-refractivity contribution in [1.82, 2.24) is 18.9 Å². The summed E-state index contributed by atoms with van der Waals surface area (Å²) >= 11 is 0. The molecule has 0 bridgehead atoms. The second kappa shape index (κ2) is 7.09. The molecule has 4 rings (SSSR count). The fourth-order valence-electron chi connectivity index (χ4n) is 3.16. The van der Waals surface area contributed by atoms with E-state index in [2.05, 4.69) is 9.97 Å². The number of nitrogens with zero attached hydrogens (tertiary/aromatic N) is 3. The molecule has 0 amide bonds. The van der Waals surface area contributed by atoms with Crippen molar-refractivity contribution in [3.05, 3.63) is 79.0 Å². The Morgan fingerprint density at radius 3 is 2.07 bits per heavy atom. The van der Waals surface area contributed by atoms with Crippen LogP contribution in [-0.2, 0) is 10.0 Å². The van der Waals surface area contributed by atoms with Crippen LogP contribution < -0.4 is 0 Å². The summed E-state index contributed by atoms with van der Waals surface area (Å²) in [6.45, 7) is 3.87. The van der Waals surface area contributed by atoms with E-state index in [-0.39, 0.29) is 10.9 Å². The highest BCUT2D eigenvalue weighted by Gasteiger charge is 2.31. The molecule has 0 saturated carbocycles. The van der Waals surface area contributed by atoms with Gasteiger partial charge in [0.05, 0.1) is 17.7 Å². The van der Waals surface area contributed by atoms with Crippen LogP contribution in [0.25, 0.3) is 22.5 Å². The lowest BCUT2D eigenvalue weighted by atomic mass is 10.1. The summed E-state index contributed by atoms with van der Waals surface area (Å²) < 4.78 is 28.3. The molecule has 0 radical (unpaired) electrons. The van der Waals surface area contributed by atoms with Crippen molar-refractivity contribution in [3.8, 4) is 22.5 Å². The maximum absolute atomic E-state index is 13.5. The van der Waals surface area contributed by atoms with Gasteiger partial charge < -0.3 is 4.98 Å². The number of benzene rings is 2. The van der Waals surface area contributed by atoms with Crippen molar-refractivity contribution in [2.45, 2.75) is 24.8 Å². The first-order valence-corrected chi connectivity index (χ1v) is 10.4. The molecule has 0 aliphatic heterocycles. The monoisotopic (exact) mass is 392 g/mol. The van der Waals surface area contributed by atoms with Gasteiger partial charge in [0.2, 0.25) is 0 Å². The summed E-state index contributed by atoms with van der Waals surface area (Å²) in [6.07, 6.45) is 2.75. The van der Waals surface area contributed by atoms with Crippen molar-refractivity contribution in [2.75, 3.05) is 0 Å². The molecule has 0 aliphatic carbocycles. The van der Waals surface area contributed by atoms with E-state index in [0.717, 1.165) is 11.1 Å². The van der Waals surface area contributed by atoms with E-state index < -0.39 is 10.0 Å². The Kier molecular flexibility index (Phi) is 4.60. The minimum absolute atomic E-state index is 0.0383. The van der Waals surface area contributed by atoms with Gasteiger partial charge in [-0.25, -0.2) is 13.9 Å². The molecule has 2 aromatic carbocycles. The third kappa shape index (κ3) is 3.03. The first kappa shape index (κ1) is 18.2. The number of rotatable bonds is 5. The fraction of sp³-hybridized carbons (Fsp3) is 0.143. The largest absolute Gasteiger partial charge is 0.350 e. The third-order valence-corrected chi connectivity index (χ3v) is 6.05. The van der Waals surface area contributed by atoms with Crippen LogP contribution in [0.1, 0.15) is 25.6 Å². The van der Waals surface area contributed by atoms with E-state index >= 15 is 0 Å². The number of hydrogen-bond acceptors (Lipinski definition) is 4. The summed E-state index contributed by atoms with van der Waals surface area (Å²) in [6, 6.07) is 19.1. The van der Waals surface area contributed by atoms with Crippen LogP contribution in [0.4, 0.5) is 0 Å². The summed E-state index contributed by atoms with van der Waals surface area (Å²) in [4.78, 5) is 11.5. The number of hydrogen-bond donors (Lipinski definition) is 1. The molecule has 2 heterocycles. The molecule has 6 nitrogen and oxygen atoms in total. The van der Waals surface area contributed by atoms with Gasteiger partial charge in [-0.2, -0.15) is 8.42 Å². The molecule has 0 unspecified atom stereocenters. The van der Waals surface area contributed by atoms with Crippen LogP contribution in [0.5, 0.6) is 0 Å². The Bertz CT molecular complexity index is 1180. The Morgan fingerprint density at radius 2 is 1.54 bits per heavy atom. The minimum atomic E-state index is -3.93. The molecule has 0 fully saturated rings. The van der Waals surface area contributed by atoms with Gasteiger partial charge in [0, 0.05) is 23.2 Å². The Morgan fingerprint density at radius 1 is 0.929 bits per heavy atom. The molecule has 0 atom stereocenters. The van der Waals surface area contributed by atoms with E-state index in [4.69, 9.17) is 4.98 Å². The zero-order chi connectivity index (χ0) is 19.7. The molecule has 28 heavy (non-hydrogen) atoms. The zero-order valence-corrected chi connectivity index (χ0v) is 16.4. The summed E-state index contributed by atoms with van der Waals surface area (Å²) in [5.41, 5.74) is 2.81. The predicted molar refractivity (Wildman–Crippen MR) is 108 cm³/mol. The van der Waals surface area contributed by atoms with Gasteiger partial charge in [-0.1, -0.05) is 74.5 Å². The number of aromatic nitrogens is 4. The van der Waals surface area contributed by atoms with Gasteiger partial charge in [-0.3, -0.25) is 0 Å². The highest BCUT2D eigenvalue weighted by Crippen LogP contribution is 2.37. The minimum Gasteiger partial charge on any atom is -0.350 e. The van der Waals surface area contributed by atoms with Crippen LogP contribution in [0, 0.1) is 0 Å².